The minimum atomic E-state index is 0.298. The second-order valence-electron chi connectivity index (χ2n) is 6.96. The molecule has 0 amide bonds. The minimum absolute atomic E-state index is 0.298. The molecule has 20 heavy (non-hydrogen) atoms. The molecule has 2 rings (SSSR count). The first-order valence-corrected chi connectivity index (χ1v) is 7.70. The smallest absolute Gasteiger partial charge is 0.0389 e. The molecule has 0 unspecified atom stereocenters. The predicted molar refractivity (Wildman–Crippen MR) is 86.8 cm³/mol. The van der Waals surface area contributed by atoms with Crippen LogP contribution in [0.5, 0.6) is 0 Å². The van der Waals surface area contributed by atoms with Gasteiger partial charge in [0.05, 0.1) is 0 Å². The molecule has 1 saturated heterocycles. The van der Waals surface area contributed by atoms with Gasteiger partial charge in [-0.1, -0.05) is 18.2 Å². The zero-order valence-electron chi connectivity index (χ0n) is 13.4. The Bertz CT molecular complexity index is 440. The van der Waals surface area contributed by atoms with Crippen LogP contribution in [0.1, 0.15) is 44.7 Å². The summed E-state index contributed by atoms with van der Waals surface area (Å²) in [6.07, 6.45) is 2.45. The van der Waals surface area contributed by atoms with E-state index in [1.54, 1.807) is 0 Å². The van der Waals surface area contributed by atoms with E-state index in [1.165, 1.54) is 37.1 Å². The van der Waals surface area contributed by atoms with Crippen molar-refractivity contribution in [3.8, 4) is 0 Å². The molecule has 1 aromatic rings. The highest BCUT2D eigenvalue weighted by molar-refractivity contribution is 5.52. The van der Waals surface area contributed by atoms with E-state index in [1.807, 2.05) is 0 Å². The van der Waals surface area contributed by atoms with Crippen molar-refractivity contribution in [1.29, 1.82) is 0 Å². The summed E-state index contributed by atoms with van der Waals surface area (Å²) < 4.78 is 0. The Morgan fingerprint density at radius 3 is 2.50 bits per heavy atom. The molecule has 3 N–H and O–H groups in total. The van der Waals surface area contributed by atoms with Crippen molar-refractivity contribution >= 4 is 5.69 Å². The molecule has 3 nitrogen and oxygen atoms in total. The van der Waals surface area contributed by atoms with E-state index in [9.17, 15) is 0 Å². The summed E-state index contributed by atoms with van der Waals surface area (Å²) >= 11 is 0. The highest BCUT2D eigenvalue weighted by Gasteiger charge is 2.26. The maximum Gasteiger partial charge on any atom is 0.0389 e. The molecule has 1 heterocycles. The van der Waals surface area contributed by atoms with Gasteiger partial charge >= 0.3 is 0 Å². The Labute approximate surface area is 123 Å². The minimum Gasteiger partial charge on any atom is -0.398 e. The van der Waals surface area contributed by atoms with Crippen molar-refractivity contribution in [1.82, 2.24) is 10.2 Å². The first-order valence-electron chi connectivity index (χ1n) is 7.70. The third-order valence-corrected chi connectivity index (χ3v) is 4.44. The van der Waals surface area contributed by atoms with Gasteiger partial charge in [-0.2, -0.15) is 0 Å². The molecule has 0 radical (unpaired) electrons. The lowest BCUT2D eigenvalue weighted by atomic mass is 9.98. The number of para-hydroxylation sites is 1. The summed E-state index contributed by atoms with van der Waals surface area (Å²) in [7, 11) is 0. The van der Waals surface area contributed by atoms with E-state index in [0.29, 0.717) is 11.6 Å². The lowest BCUT2D eigenvalue weighted by molar-refractivity contribution is 0.0960. The number of nitrogens with one attached hydrogen (secondary N) is 1. The summed E-state index contributed by atoms with van der Waals surface area (Å²) in [4.78, 5) is 2.58. The van der Waals surface area contributed by atoms with Crippen molar-refractivity contribution in [2.75, 3.05) is 18.8 Å². The number of nitrogens with two attached hydrogens (primary N) is 1. The molecule has 0 aromatic heterocycles. The summed E-state index contributed by atoms with van der Waals surface area (Å²) in [5.74, 6) is 0. The number of aryl methyl sites for hydroxylation is 1. The van der Waals surface area contributed by atoms with Gasteiger partial charge in [0.2, 0.25) is 0 Å². The van der Waals surface area contributed by atoms with Crippen molar-refractivity contribution in [3.63, 3.8) is 0 Å². The van der Waals surface area contributed by atoms with Crippen LogP contribution in [0.4, 0.5) is 5.69 Å². The number of rotatable bonds is 3. The van der Waals surface area contributed by atoms with E-state index in [0.717, 1.165) is 12.2 Å². The first-order chi connectivity index (χ1) is 9.38. The molecule has 0 atom stereocenters. The zero-order valence-corrected chi connectivity index (χ0v) is 13.4. The van der Waals surface area contributed by atoms with Crippen LogP contribution in [-0.4, -0.2) is 29.6 Å². The van der Waals surface area contributed by atoms with Crippen LogP contribution in [0.3, 0.4) is 0 Å². The van der Waals surface area contributed by atoms with Crippen molar-refractivity contribution in [2.24, 2.45) is 0 Å². The Morgan fingerprint density at radius 1 is 1.25 bits per heavy atom. The van der Waals surface area contributed by atoms with Gasteiger partial charge < -0.3 is 11.1 Å². The van der Waals surface area contributed by atoms with E-state index in [4.69, 9.17) is 5.73 Å². The van der Waals surface area contributed by atoms with E-state index < -0.39 is 0 Å². The van der Waals surface area contributed by atoms with Crippen LogP contribution < -0.4 is 11.1 Å². The van der Waals surface area contributed by atoms with E-state index in [-0.39, 0.29) is 0 Å². The third-order valence-electron chi connectivity index (χ3n) is 4.44. The van der Waals surface area contributed by atoms with Gasteiger partial charge in [0.1, 0.15) is 0 Å². The standard InChI is InChI=1S/C17H29N3/c1-13-6-5-7-14(16(13)18)12-19-15-8-10-20(11-9-15)17(2,3)4/h5-7,15,19H,8-12,18H2,1-4H3. The Hall–Kier alpha value is -1.06. The topological polar surface area (TPSA) is 41.3 Å². The molecule has 3 heteroatoms. The van der Waals surface area contributed by atoms with Crippen molar-refractivity contribution in [2.45, 2.75) is 58.7 Å². The highest BCUT2D eigenvalue weighted by Crippen LogP contribution is 2.21. The van der Waals surface area contributed by atoms with E-state index >= 15 is 0 Å². The monoisotopic (exact) mass is 275 g/mol. The molecule has 0 aliphatic carbocycles. The molecule has 0 bridgehead atoms. The zero-order chi connectivity index (χ0) is 14.8. The molecule has 1 fully saturated rings. The number of nitrogen functional groups attached to an aromatic ring is 1. The van der Waals surface area contributed by atoms with Crippen LogP contribution in [0, 0.1) is 6.92 Å². The molecule has 1 aliphatic heterocycles. The van der Waals surface area contributed by atoms with Crippen LogP contribution in [-0.2, 0) is 6.54 Å². The molecule has 1 aliphatic rings. The Kier molecular flexibility index (Phi) is 4.71. The normalized spacial score (nSPS) is 18.4. The molecule has 0 saturated carbocycles. The number of hydrogen-bond donors (Lipinski definition) is 2. The second kappa shape index (κ2) is 6.15. The largest absolute Gasteiger partial charge is 0.398 e. The van der Waals surface area contributed by atoms with Gasteiger partial charge in [0.15, 0.2) is 0 Å². The fraction of sp³-hybridized carbons (Fsp3) is 0.647. The van der Waals surface area contributed by atoms with Crippen LogP contribution >= 0.6 is 0 Å². The molecule has 0 spiro atoms. The fourth-order valence-corrected chi connectivity index (χ4v) is 2.90. The summed E-state index contributed by atoms with van der Waals surface area (Å²) in [5.41, 5.74) is 9.76. The number of benzene rings is 1. The molecular formula is C17H29N3. The second-order valence-corrected chi connectivity index (χ2v) is 6.96. The highest BCUT2D eigenvalue weighted by atomic mass is 15.2. The first kappa shape index (κ1) is 15.3. The van der Waals surface area contributed by atoms with Gasteiger partial charge in [0, 0.05) is 36.9 Å². The van der Waals surface area contributed by atoms with E-state index in [2.05, 4.69) is 56.1 Å². The molecular weight excluding hydrogens is 246 g/mol. The quantitative estimate of drug-likeness (QED) is 0.833. The number of anilines is 1. The number of likely N-dealkylation sites (tertiary alicyclic amines) is 1. The number of nitrogens with zero attached hydrogens (tertiary/aromatic N) is 1. The maximum atomic E-state index is 6.13. The summed E-state index contributed by atoms with van der Waals surface area (Å²) in [5, 5.41) is 3.67. The van der Waals surface area contributed by atoms with Gasteiger partial charge in [-0.15, -0.1) is 0 Å². The number of hydrogen-bond acceptors (Lipinski definition) is 3. The Morgan fingerprint density at radius 2 is 1.90 bits per heavy atom. The number of piperidine rings is 1. The van der Waals surface area contributed by atoms with Crippen molar-refractivity contribution in [3.05, 3.63) is 29.3 Å². The third kappa shape index (κ3) is 3.74. The predicted octanol–water partition coefficient (Wildman–Crippen LogP) is 2.93. The van der Waals surface area contributed by atoms with Gasteiger partial charge in [-0.05, 0) is 51.7 Å². The van der Waals surface area contributed by atoms with Crippen LogP contribution in [0.25, 0.3) is 0 Å². The lowest BCUT2D eigenvalue weighted by Gasteiger charge is -2.41. The van der Waals surface area contributed by atoms with Gasteiger partial charge in [0.25, 0.3) is 0 Å². The lowest BCUT2D eigenvalue weighted by Crippen LogP contribution is -2.49. The average molecular weight is 275 g/mol. The SMILES string of the molecule is Cc1cccc(CNC2CCN(C(C)(C)C)CC2)c1N. The maximum absolute atomic E-state index is 6.13. The fourth-order valence-electron chi connectivity index (χ4n) is 2.90. The average Bonchev–Trinajstić information content (AvgIpc) is 2.40. The van der Waals surface area contributed by atoms with Gasteiger partial charge in [-0.25, -0.2) is 0 Å². The van der Waals surface area contributed by atoms with Gasteiger partial charge in [-0.3, -0.25) is 4.90 Å². The van der Waals surface area contributed by atoms with Crippen LogP contribution in [0.2, 0.25) is 0 Å². The molecule has 1 aromatic carbocycles. The van der Waals surface area contributed by atoms with Crippen LogP contribution in [0.15, 0.2) is 18.2 Å². The summed E-state index contributed by atoms with van der Waals surface area (Å²) in [6.45, 7) is 12.2. The van der Waals surface area contributed by atoms with Crippen molar-refractivity contribution < 1.29 is 0 Å². The summed E-state index contributed by atoms with van der Waals surface area (Å²) in [6, 6.07) is 6.90. The molecule has 112 valence electrons. The Balaban J connectivity index is 1.83.